The Labute approximate surface area is 148 Å². The topological polar surface area (TPSA) is 38.8 Å². The SMILES string of the molecule is CC(C)c1ccc(CN(C(=O)c2ccc3c(c2)OCO3)C2CC2)cc1. The molecular formula is C21H23NO3. The highest BCUT2D eigenvalue weighted by Gasteiger charge is 2.33. The van der Waals surface area contributed by atoms with Gasteiger partial charge in [0, 0.05) is 18.2 Å². The van der Waals surface area contributed by atoms with Gasteiger partial charge in [-0.3, -0.25) is 4.79 Å². The maximum absolute atomic E-state index is 13.0. The van der Waals surface area contributed by atoms with Gasteiger partial charge in [-0.25, -0.2) is 0 Å². The second kappa shape index (κ2) is 6.43. The molecular weight excluding hydrogens is 314 g/mol. The number of carbonyl (C=O) groups is 1. The number of nitrogens with zero attached hydrogens (tertiary/aromatic N) is 1. The van der Waals surface area contributed by atoms with Crippen molar-refractivity contribution in [1.82, 2.24) is 4.90 Å². The molecule has 4 rings (SSSR count). The van der Waals surface area contributed by atoms with Gasteiger partial charge in [0.2, 0.25) is 6.79 Å². The molecule has 0 atom stereocenters. The summed E-state index contributed by atoms with van der Waals surface area (Å²) >= 11 is 0. The Morgan fingerprint density at radius 2 is 1.80 bits per heavy atom. The third kappa shape index (κ3) is 3.34. The second-order valence-electron chi connectivity index (χ2n) is 7.13. The van der Waals surface area contributed by atoms with Crippen LogP contribution in [0.3, 0.4) is 0 Å². The van der Waals surface area contributed by atoms with Crippen molar-refractivity contribution in [3.63, 3.8) is 0 Å². The Kier molecular flexibility index (Phi) is 4.12. The van der Waals surface area contributed by atoms with Crippen LogP contribution in [-0.4, -0.2) is 23.6 Å². The number of hydrogen-bond acceptors (Lipinski definition) is 3. The smallest absolute Gasteiger partial charge is 0.254 e. The van der Waals surface area contributed by atoms with Gasteiger partial charge in [0.25, 0.3) is 5.91 Å². The first-order valence-electron chi connectivity index (χ1n) is 8.91. The maximum Gasteiger partial charge on any atom is 0.254 e. The van der Waals surface area contributed by atoms with E-state index in [-0.39, 0.29) is 12.7 Å². The van der Waals surface area contributed by atoms with Crippen LogP contribution in [0.5, 0.6) is 11.5 Å². The molecule has 0 unspecified atom stereocenters. The Balaban J connectivity index is 1.54. The fourth-order valence-corrected chi connectivity index (χ4v) is 3.15. The molecule has 0 aromatic heterocycles. The summed E-state index contributed by atoms with van der Waals surface area (Å²) in [7, 11) is 0. The molecule has 0 spiro atoms. The molecule has 2 aromatic rings. The van der Waals surface area contributed by atoms with E-state index in [1.54, 1.807) is 6.07 Å². The Bertz CT molecular complexity index is 778. The molecule has 25 heavy (non-hydrogen) atoms. The lowest BCUT2D eigenvalue weighted by atomic mass is 10.0. The third-order valence-corrected chi connectivity index (χ3v) is 4.87. The quantitative estimate of drug-likeness (QED) is 0.814. The number of ether oxygens (including phenoxy) is 2. The zero-order valence-corrected chi connectivity index (χ0v) is 14.7. The van der Waals surface area contributed by atoms with Crippen molar-refractivity contribution in [2.24, 2.45) is 0 Å². The summed E-state index contributed by atoms with van der Waals surface area (Å²) in [6, 6.07) is 14.4. The highest BCUT2D eigenvalue weighted by Crippen LogP contribution is 2.35. The first kappa shape index (κ1) is 16.0. The molecule has 2 aromatic carbocycles. The van der Waals surface area contributed by atoms with Crippen molar-refractivity contribution in [2.45, 2.75) is 45.2 Å². The Morgan fingerprint density at radius 1 is 1.08 bits per heavy atom. The summed E-state index contributed by atoms with van der Waals surface area (Å²) in [5.41, 5.74) is 3.16. The molecule has 0 N–H and O–H groups in total. The van der Waals surface area contributed by atoms with Crippen LogP contribution in [0.2, 0.25) is 0 Å². The standard InChI is InChI=1S/C21H23NO3/c1-14(2)16-5-3-15(4-6-16)12-22(18-8-9-18)21(23)17-7-10-19-20(11-17)25-13-24-19/h3-7,10-11,14,18H,8-9,12-13H2,1-2H3. The monoisotopic (exact) mass is 337 g/mol. The van der Waals surface area contributed by atoms with Gasteiger partial charge in [0.1, 0.15) is 0 Å². The summed E-state index contributed by atoms with van der Waals surface area (Å²) in [6.07, 6.45) is 2.17. The normalized spacial score (nSPS) is 15.5. The number of amides is 1. The van der Waals surface area contributed by atoms with Crippen LogP contribution in [0.15, 0.2) is 42.5 Å². The zero-order chi connectivity index (χ0) is 17.4. The molecule has 0 saturated heterocycles. The van der Waals surface area contributed by atoms with E-state index in [0.29, 0.717) is 35.6 Å². The third-order valence-electron chi connectivity index (χ3n) is 4.87. The lowest BCUT2D eigenvalue weighted by molar-refractivity contribution is 0.0729. The van der Waals surface area contributed by atoms with Crippen molar-refractivity contribution in [3.8, 4) is 11.5 Å². The predicted octanol–water partition coefficient (Wildman–Crippen LogP) is 4.34. The van der Waals surface area contributed by atoms with Gasteiger partial charge in [-0.2, -0.15) is 0 Å². The van der Waals surface area contributed by atoms with Gasteiger partial charge in [-0.15, -0.1) is 0 Å². The lowest BCUT2D eigenvalue weighted by Crippen LogP contribution is -2.32. The van der Waals surface area contributed by atoms with Gasteiger partial charge >= 0.3 is 0 Å². The van der Waals surface area contributed by atoms with Crippen LogP contribution in [0.1, 0.15) is 54.1 Å². The number of benzene rings is 2. The highest BCUT2D eigenvalue weighted by molar-refractivity contribution is 5.95. The molecule has 1 saturated carbocycles. The van der Waals surface area contributed by atoms with Crippen LogP contribution in [-0.2, 0) is 6.54 Å². The number of rotatable bonds is 5. The van der Waals surface area contributed by atoms with E-state index in [2.05, 4.69) is 38.1 Å². The fraction of sp³-hybridized carbons (Fsp3) is 0.381. The van der Waals surface area contributed by atoms with Gasteiger partial charge in [0.15, 0.2) is 11.5 Å². The number of carbonyl (C=O) groups excluding carboxylic acids is 1. The van der Waals surface area contributed by atoms with Gasteiger partial charge in [-0.1, -0.05) is 38.1 Å². The minimum absolute atomic E-state index is 0.0636. The number of hydrogen-bond donors (Lipinski definition) is 0. The fourth-order valence-electron chi connectivity index (χ4n) is 3.15. The summed E-state index contributed by atoms with van der Waals surface area (Å²) in [6.45, 7) is 5.25. The van der Waals surface area contributed by atoms with E-state index in [0.717, 1.165) is 12.8 Å². The van der Waals surface area contributed by atoms with Crippen LogP contribution < -0.4 is 9.47 Å². The molecule has 4 nitrogen and oxygen atoms in total. The van der Waals surface area contributed by atoms with Crippen molar-refractivity contribution >= 4 is 5.91 Å². The Morgan fingerprint density at radius 3 is 2.48 bits per heavy atom. The lowest BCUT2D eigenvalue weighted by Gasteiger charge is -2.23. The van der Waals surface area contributed by atoms with E-state index < -0.39 is 0 Å². The van der Waals surface area contributed by atoms with Crippen molar-refractivity contribution in [1.29, 1.82) is 0 Å². The van der Waals surface area contributed by atoms with Gasteiger partial charge in [-0.05, 0) is 48.1 Å². The second-order valence-corrected chi connectivity index (χ2v) is 7.13. The minimum atomic E-state index is 0.0636. The van der Waals surface area contributed by atoms with Crippen LogP contribution in [0, 0.1) is 0 Å². The number of fused-ring (bicyclic) bond motifs is 1. The highest BCUT2D eigenvalue weighted by atomic mass is 16.7. The molecule has 4 heteroatoms. The summed E-state index contributed by atoms with van der Waals surface area (Å²) in [4.78, 5) is 15.0. The summed E-state index contributed by atoms with van der Waals surface area (Å²) in [5.74, 6) is 1.94. The van der Waals surface area contributed by atoms with Crippen molar-refractivity contribution in [3.05, 3.63) is 59.2 Å². The largest absolute Gasteiger partial charge is 0.454 e. The van der Waals surface area contributed by atoms with Crippen LogP contribution >= 0.6 is 0 Å². The minimum Gasteiger partial charge on any atom is -0.454 e. The van der Waals surface area contributed by atoms with Crippen LogP contribution in [0.25, 0.3) is 0 Å². The average molecular weight is 337 g/mol. The Hall–Kier alpha value is -2.49. The first-order chi connectivity index (χ1) is 12.1. The van der Waals surface area contributed by atoms with E-state index in [9.17, 15) is 4.79 Å². The van der Waals surface area contributed by atoms with Crippen molar-refractivity contribution < 1.29 is 14.3 Å². The van der Waals surface area contributed by atoms with Gasteiger partial charge < -0.3 is 14.4 Å². The van der Waals surface area contributed by atoms with Crippen molar-refractivity contribution in [2.75, 3.05) is 6.79 Å². The van der Waals surface area contributed by atoms with E-state index in [1.807, 2.05) is 17.0 Å². The van der Waals surface area contributed by atoms with E-state index >= 15 is 0 Å². The molecule has 0 radical (unpaired) electrons. The molecule has 130 valence electrons. The molecule has 1 fully saturated rings. The molecule has 1 heterocycles. The van der Waals surface area contributed by atoms with E-state index in [4.69, 9.17) is 9.47 Å². The molecule has 2 aliphatic rings. The van der Waals surface area contributed by atoms with E-state index in [1.165, 1.54) is 11.1 Å². The predicted molar refractivity (Wildman–Crippen MR) is 96.0 cm³/mol. The molecule has 1 amide bonds. The average Bonchev–Trinajstić information content (AvgIpc) is 3.35. The first-order valence-corrected chi connectivity index (χ1v) is 8.91. The zero-order valence-electron chi connectivity index (χ0n) is 14.7. The van der Waals surface area contributed by atoms with Gasteiger partial charge in [0.05, 0.1) is 0 Å². The molecule has 0 bridgehead atoms. The summed E-state index contributed by atoms with van der Waals surface area (Å²) < 4.78 is 10.7. The molecule has 1 aliphatic heterocycles. The van der Waals surface area contributed by atoms with Crippen LogP contribution in [0.4, 0.5) is 0 Å². The summed E-state index contributed by atoms with van der Waals surface area (Å²) in [5, 5.41) is 0. The maximum atomic E-state index is 13.0. The molecule has 1 aliphatic carbocycles.